The summed E-state index contributed by atoms with van der Waals surface area (Å²) in [5.41, 5.74) is 1.97. The Balaban J connectivity index is 2.35. The van der Waals surface area contributed by atoms with Crippen LogP contribution >= 0.6 is 0 Å². The molecule has 3 rings (SSSR count). The van der Waals surface area contributed by atoms with Crippen molar-refractivity contribution in [3.8, 4) is 0 Å². The molecule has 0 heterocycles. The highest BCUT2D eigenvalue weighted by atomic mass is 16.4. The van der Waals surface area contributed by atoms with Crippen molar-refractivity contribution in [1.82, 2.24) is 0 Å². The van der Waals surface area contributed by atoms with Crippen LogP contribution in [-0.2, 0) is 4.79 Å². The zero-order valence-corrected chi connectivity index (χ0v) is 9.53. The van der Waals surface area contributed by atoms with Gasteiger partial charge in [0.25, 0.3) is 0 Å². The highest BCUT2D eigenvalue weighted by Crippen LogP contribution is 2.46. The van der Waals surface area contributed by atoms with E-state index < -0.39 is 5.97 Å². The summed E-state index contributed by atoms with van der Waals surface area (Å²) in [6.45, 7) is 6.49. The summed E-state index contributed by atoms with van der Waals surface area (Å²) in [6.07, 6.45) is 5.25. The molecule has 0 spiro atoms. The van der Waals surface area contributed by atoms with Crippen molar-refractivity contribution in [2.45, 2.75) is 27.2 Å². The van der Waals surface area contributed by atoms with Gasteiger partial charge in [0.15, 0.2) is 0 Å². The second-order valence-electron chi connectivity index (χ2n) is 5.11. The summed E-state index contributed by atoms with van der Waals surface area (Å²) >= 11 is 0. The van der Waals surface area contributed by atoms with Crippen LogP contribution in [0.3, 0.4) is 0 Å². The third-order valence-electron chi connectivity index (χ3n) is 3.86. The van der Waals surface area contributed by atoms with Gasteiger partial charge in [0.1, 0.15) is 0 Å². The Hall–Kier alpha value is -1.05. The van der Waals surface area contributed by atoms with Crippen LogP contribution < -0.4 is 0 Å². The molecular weight excluding hydrogens is 188 g/mol. The number of carbonyl (C=O) groups is 1. The SMILES string of the molecule is CC1=CC2C(C(=O)O)=C[C@@H]1CC2C(C)C. The minimum absolute atomic E-state index is 0.146. The standard InChI is InChI=1S/C13H18O2/c1-7(2)10-5-9-6-12(13(14)15)11(10)4-8(9)3/h4,6-7,9-11H,5H2,1-3H3,(H,14,15)/t9-,10?,11?/m0/s1. The van der Waals surface area contributed by atoms with Crippen LogP contribution in [-0.4, -0.2) is 11.1 Å². The molecule has 0 fully saturated rings. The van der Waals surface area contributed by atoms with E-state index in [1.54, 1.807) is 0 Å². The van der Waals surface area contributed by atoms with Gasteiger partial charge in [0.2, 0.25) is 0 Å². The summed E-state index contributed by atoms with van der Waals surface area (Å²) in [5.74, 6) is 0.847. The Bertz CT molecular complexity index is 350. The lowest BCUT2D eigenvalue weighted by molar-refractivity contribution is -0.133. The summed E-state index contributed by atoms with van der Waals surface area (Å²) in [6, 6.07) is 0. The van der Waals surface area contributed by atoms with Gasteiger partial charge in [-0.2, -0.15) is 0 Å². The maximum atomic E-state index is 11.1. The Labute approximate surface area is 90.7 Å². The van der Waals surface area contributed by atoms with Crippen molar-refractivity contribution >= 4 is 5.97 Å². The summed E-state index contributed by atoms with van der Waals surface area (Å²) in [7, 11) is 0. The average Bonchev–Trinajstić information content (AvgIpc) is 2.17. The van der Waals surface area contributed by atoms with E-state index in [0.29, 0.717) is 23.3 Å². The summed E-state index contributed by atoms with van der Waals surface area (Å²) < 4.78 is 0. The number of aliphatic carboxylic acids is 1. The molecule has 0 aromatic rings. The minimum Gasteiger partial charge on any atom is -0.478 e. The van der Waals surface area contributed by atoms with Gasteiger partial charge in [-0.3, -0.25) is 0 Å². The molecular formula is C13H18O2. The van der Waals surface area contributed by atoms with Crippen molar-refractivity contribution in [2.24, 2.45) is 23.7 Å². The highest BCUT2D eigenvalue weighted by molar-refractivity contribution is 5.88. The van der Waals surface area contributed by atoms with Gasteiger partial charge >= 0.3 is 5.97 Å². The van der Waals surface area contributed by atoms with Crippen molar-refractivity contribution in [2.75, 3.05) is 0 Å². The molecule has 82 valence electrons. The van der Waals surface area contributed by atoms with Crippen LogP contribution in [0, 0.1) is 23.7 Å². The van der Waals surface area contributed by atoms with E-state index in [4.69, 9.17) is 5.11 Å². The van der Waals surface area contributed by atoms with Gasteiger partial charge in [-0.1, -0.05) is 31.6 Å². The molecule has 0 saturated carbocycles. The molecule has 2 heteroatoms. The number of carboxylic acid groups (broad SMARTS) is 1. The van der Waals surface area contributed by atoms with E-state index in [1.807, 2.05) is 6.08 Å². The zero-order valence-electron chi connectivity index (χ0n) is 9.53. The Morgan fingerprint density at radius 2 is 2.13 bits per heavy atom. The molecule has 3 aliphatic rings. The highest BCUT2D eigenvalue weighted by Gasteiger charge is 2.39. The van der Waals surface area contributed by atoms with Crippen LogP contribution in [0.1, 0.15) is 27.2 Å². The van der Waals surface area contributed by atoms with Crippen LogP contribution in [0.5, 0.6) is 0 Å². The largest absolute Gasteiger partial charge is 0.478 e. The number of allylic oxidation sites excluding steroid dienone is 3. The van der Waals surface area contributed by atoms with Gasteiger partial charge in [0.05, 0.1) is 0 Å². The maximum absolute atomic E-state index is 11.1. The molecule has 2 nitrogen and oxygen atoms in total. The molecule has 3 atom stereocenters. The minimum atomic E-state index is -0.737. The topological polar surface area (TPSA) is 37.3 Å². The third-order valence-corrected chi connectivity index (χ3v) is 3.86. The molecule has 0 aliphatic heterocycles. The Morgan fingerprint density at radius 3 is 2.60 bits per heavy atom. The quantitative estimate of drug-likeness (QED) is 0.705. The first kappa shape index (κ1) is 10.5. The molecule has 0 radical (unpaired) electrons. The third kappa shape index (κ3) is 1.62. The maximum Gasteiger partial charge on any atom is 0.331 e. The lowest BCUT2D eigenvalue weighted by Crippen LogP contribution is -2.34. The van der Waals surface area contributed by atoms with Gasteiger partial charge in [0, 0.05) is 11.5 Å². The van der Waals surface area contributed by atoms with Crippen LogP contribution in [0.15, 0.2) is 23.3 Å². The second kappa shape index (κ2) is 3.51. The molecule has 0 aromatic carbocycles. The van der Waals surface area contributed by atoms with Crippen molar-refractivity contribution in [3.05, 3.63) is 23.3 Å². The molecule has 2 bridgehead atoms. The monoisotopic (exact) mass is 206 g/mol. The summed E-state index contributed by atoms with van der Waals surface area (Å²) in [5, 5.41) is 9.15. The van der Waals surface area contributed by atoms with E-state index in [-0.39, 0.29) is 5.92 Å². The molecule has 0 aromatic heterocycles. The van der Waals surface area contributed by atoms with Gasteiger partial charge in [-0.15, -0.1) is 0 Å². The van der Waals surface area contributed by atoms with Crippen LogP contribution in [0.4, 0.5) is 0 Å². The van der Waals surface area contributed by atoms with E-state index in [1.165, 1.54) is 5.57 Å². The number of fused-ring (bicyclic) bond motifs is 1. The van der Waals surface area contributed by atoms with E-state index in [9.17, 15) is 4.79 Å². The Morgan fingerprint density at radius 1 is 1.47 bits per heavy atom. The number of hydrogen-bond acceptors (Lipinski definition) is 1. The van der Waals surface area contributed by atoms with Crippen molar-refractivity contribution in [3.63, 3.8) is 0 Å². The van der Waals surface area contributed by atoms with Crippen molar-refractivity contribution < 1.29 is 9.90 Å². The first-order chi connectivity index (χ1) is 7.00. The fourth-order valence-corrected chi connectivity index (χ4v) is 2.90. The summed E-state index contributed by atoms with van der Waals surface area (Å²) in [4.78, 5) is 11.1. The predicted molar refractivity (Wildman–Crippen MR) is 59.4 cm³/mol. The number of carboxylic acids is 1. The van der Waals surface area contributed by atoms with Crippen LogP contribution in [0.2, 0.25) is 0 Å². The predicted octanol–water partition coefficient (Wildman–Crippen LogP) is 2.87. The number of rotatable bonds is 2. The molecule has 15 heavy (non-hydrogen) atoms. The number of hydrogen-bond donors (Lipinski definition) is 1. The zero-order chi connectivity index (χ0) is 11.2. The molecule has 0 amide bonds. The van der Waals surface area contributed by atoms with Gasteiger partial charge < -0.3 is 5.11 Å². The normalized spacial score (nSPS) is 34.0. The van der Waals surface area contributed by atoms with Crippen LogP contribution in [0.25, 0.3) is 0 Å². The molecule has 0 saturated heterocycles. The smallest absolute Gasteiger partial charge is 0.331 e. The molecule has 3 aliphatic carbocycles. The average molecular weight is 206 g/mol. The fourth-order valence-electron chi connectivity index (χ4n) is 2.90. The molecule has 1 N–H and O–H groups in total. The Kier molecular flexibility index (Phi) is 2.45. The molecule has 2 unspecified atom stereocenters. The lowest BCUT2D eigenvalue weighted by Gasteiger charge is -2.41. The lowest BCUT2D eigenvalue weighted by atomic mass is 9.63. The first-order valence-electron chi connectivity index (χ1n) is 5.64. The van der Waals surface area contributed by atoms with Gasteiger partial charge in [-0.25, -0.2) is 4.79 Å². The van der Waals surface area contributed by atoms with Gasteiger partial charge in [-0.05, 0) is 31.1 Å². The van der Waals surface area contributed by atoms with E-state index >= 15 is 0 Å². The fraction of sp³-hybridized carbons (Fsp3) is 0.615. The first-order valence-corrected chi connectivity index (χ1v) is 5.64. The second-order valence-corrected chi connectivity index (χ2v) is 5.11. The van der Waals surface area contributed by atoms with E-state index in [2.05, 4.69) is 26.8 Å². The van der Waals surface area contributed by atoms with Crippen molar-refractivity contribution in [1.29, 1.82) is 0 Å². The van der Waals surface area contributed by atoms with E-state index in [0.717, 1.165) is 6.42 Å².